The lowest BCUT2D eigenvalue weighted by Gasteiger charge is -2.24. The molecule has 102 valence electrons. The minimum absolute atomic E-state index is 0.819. The summed E-state index contributed by atoms with van der Waals surface area (Å²) < 4.78 is 1.85. The SMILES string of the molecule is CCCN(CCc1cnn(C)c1)c1cccc(N)c1. The van der Waals surface area contributed by atoms with Crippen LogP contribution in [0.15, 0.2) is 36.7 Å². The van der Waals surface area contributed by atoms with E-state index in [1.54, 1.807) is 0 Å². The van der Waals surface area contributed by atoms with Crippen molar-refractivity contribution >= 4 is 11.4 Å². The van der Waals surface area contributed by atoms with Crippen LogP contribution >= 0.6 is 0 Å². The predicted octanol–water partition coefficient (Wildman–Crippen LogP) is 2.46. The number of aryl methyl sites for hydroxylation is 1. The van der Waals surface area contributed by atoms with Gasteiger partial charge in [0.2, 0.25) is 0 Å². The lowest BCUT2D eigenvalue weighted by Crippen LogP contribution is -2.26. The zero-order valence-corrected chi connectivity index (χ0v) is 11.7. The first-order valence-electron chi connectivity index (χ1n) is 6.77. The number of aromatic nitrogens is 2. The molecule has 0 aliphatic carbocycles. The topological polar surface area (TPSA) is 47.1 Å². The fraction of sp³-hybridized carbons (Fsp3) is 0.400. The van der Waals surface area contributed by atoms with Gasteiger partial charge in [-0.3, -0.25) is 4.68 Å². The van der Waals surface area contributed by atoms with Gasteiger partial charge in [0, 0.05) is 37.7 Å². The zero-order valence-electron chi connectivity index (χ0n) is 11.7. The van der Waals surface area contributed by atoms with Crippen molar-refractivity contribution < 1.29 is 0 Å². The molecule has 0 saturated heterocycles. The van der Waals surface area contributed by atoms with Crippen molar-refractivity contribution in [2.45, 2.75) is 19.8 Å². The maximum atomic E-state index is 5.86. The average Bonchev–Trinajstić information content (AvgIpc) is 2.80. The Morgan fingerprint density at radius 1 is 1.32 bits per heavy atom. The molecule has 0 saturated carbocycles. The molecule has 0 fully saturated rings. The summed E-state index contributed by atoms with van der Waals surface area (Å²) in [5, 5.41) is 4.21. The molecular weight excluding hydrogens is 236 g/mol. The molecule has 1 aromatic heterocycles. The number of nitrogens with zero attached hydrogens (tertiary/aromatic N) is 3. The first-order chi connectivity index (χ1) is 9.19. The Bertz CT molecular complexity index is 518. The molecule has 0 radical (unpaired) electrons. The van der Waals surface area contributed by atoms with Gasteiger partial charge in [-0.25, -0.2) is 0 Å². The molecule has 0 aliphatic heterocycles. The van der Waals surface area contributed by atoms with Crippen LogP contribution < -0.4 is 10.6 Å². The predicted molar refractivity (Wildman–Crippen MR) is 80.3 cm³/mol. The van der Waals surface area contributed by atoms with E-state index >= 15 is 0 Å². The standard InChI is InChI=1S/C15H22N4/c1-3-8-19(15-6-4-5-14(16)10-15)9-7-13-11-17-18(2)12-13/h4-6,10-12H,3,7-9,16H2,1-2H3. The summed E-state index contributed by atoms with van der Waals surface area (Å²) >= 11 is 0. The Morgan fingerprint density at radius 2 is 2.16 bits per heavy atom. The van der Waals surface area contributed by atoms with Crippen molar-refractivity contribution in [3.05, 3.63) is 42.2 Å². The van der Waals surface area contributed by atoms with Gasteiger partial charge in [0.25, 0.3) is 0 Å². The van der Waals surface area contributed by atoms with Crippen LogP contribution in [0.3, 0.4) is 0 Å². The minimum Gasteiger partial charge on any atom is -0.399 e. The first kappa shape index (κ1) is 13.5. The second-order valence-electron chi connectivity index (χ2n) is 4.85. The van der Waals surface area contributed by atoms with Gasteiger partial charge in [0.1, 0.15) is 0 Å². The van der Waals surface area contributed by atoms with E-state index in [4.69, 9.17) is 5.73 Å². The Labute approximate surface area is 114 Å². The van der Waals surface area contributed by atoms with Gasteiger partial charge in [-0.1, -0.05) is 13.0 Å². The molecule has 0 aliphatic rings. The summed E-state index contributed by atoms with van der Waals surface area (Å²) in [6.45, 7) is 4.23. The summed E-state index contributed by atoms with van der Waals surface area (Å²) in [7, 11) is 1.95. The van der Waals surface area contributed by atoms with Gasteiger partial charge in [0.15, 0.2) is 0 Å². The maximum absolute atomic E-state index is 5.86. The summed E-state index contributed by atoms with van der Waals surface area (Å²) in [4.78, 5) is 2.38. The summed E-state index contributed by atoms with van der Waals surface area (Å²) in [5.74, 6) is 0. The van der Waals surface area contributed by atoms with Gasteiger partial charge in [0.05, 0.1) is 6.20 Å². The number of benzene rings is 1. The van der Waals surface area contributed by atoms with E-state index in [2.05, 4.69) is 29.2 Å². The molecule has 4 heteroatoms. The number of hydrogen-bond acceptors (Lipinski definition) is 3. The van der Waals surface area contributed by atoms with E-state index < -0.39 is 0 Å². The van der Waals surface area contributed by atoms with E-state index in [0.29, 0.717) is 0 Å². The number of hydrogen-bond donors (Lipinski definition) is 1. The van der Waals surface area contributed by atoms with Gasteiger partial charge >= 0.3 is 0 Å². The number of rotatable bonds is 6. The Hall–Kier alpha value is -1.97. The molecule has 19 heavy (non-hydrogen) atoms. The average molecular weight is 258 g/mol. The third-order valence-electron chi connectivity index (χ3n) is 3.16. The van der Waals surface area contributed by atoms with Crippen molar-refractivity contribution in [1.29, 1.82) is 0 Å². The third kappa shape index (κ3) is 3.74. The highest BCUT2D eigenvalue weighted by Crippen LogP contribution is 2.18. The summed E-state index contributed by atoms with van der Waals surface area (Å²) in [5.41, 5.74) is 9.15. The van der Waals surface area contributed by atoms with Crippen LogP contribution in [0.5, 0.6) is 0 Å². The second-order valence-corrected chi connectivity index (χ2v) is 4.85. The van der Waals surface area contributed by atoms with Crippen molar-refractivity contribution in [2.24, 2.45) is 7.05 Å². The minimum atomic E-state index is 0.819. The van der Waals surface area contributed by atoms with Crippen LogP contribution in [0.4, 0.5) is 11.4 Å². The molecule has 0 amide bonds. The van der Waals surface area contributed by atoms with Gasteiger partial charge in [-0.15, -0.1) is 0 Å². The van der Waals surface area contributed by atoms with Crippen molar-refractivity contribution in [3.63, 3.8) is 0 Å². The lowest BCUT2D eigenvalue weighted by atomic mass is 10.2. The van der Waals surface area contributed by atoms with Gasteiger partial charge in [-0.05, 0) is 36.6 Å². The highest BCUT2D eigenvalue weighted by molar-refractivity contribution is 5.55. The smallest absolute Gasteiger partial charge is 0.0522 e. The molecule has 0 spiro atoms. The molecule has 0 bridgehead atoms. The molecule has 2 aromatic rings. The zero-order chi connectivity index (χ0) is 13.7. The largest absolute Gasteiger partial charge is 0.399 e. The van der Waals surface area contributed by atoms with Crippen LogP contribution in [0.25, 0.3) is 0 Å². The van der Waals surface area contributed by atoms with Crippen LogP contribution in [0.2, 0.25) is 0 Å². The molecular formula is C15H22N4. The highest BCUT2D eigenvalue weighted by Gasteiger charge is 2.06. The fourth-order valence-corrected chi connectivity index (χ4v) is 2.23. The molecule has 4 nitrogen and oxygen atoms in total. The Kier molecular flexibility index (Phi) is 4.44. The monoisotopic (exact) mass is 258 g/mol. The van der Waals surface area contributed by atoms with E-state index in [0.717, 1.165) is 31.6 Å². The van der Waals surface area contributed by atoms with Crippen molar-refractivity contribution in [2.75, 3.05) is 23.7 Å². The second kappa shape index (κ2) is 6.27. The highest BCUT2D eigenvalue weighted by atomic mass is 15.2. The summed E-state index contributed by atoms with van der Waals surface area (Å²) in [6, 6.07) is 8.10. The normalized spacial score (nSPS) is 10.6. The fourth-order valence-electron chi connectivity index (χ4n) is 2.23. The van der Waals surface area contributed by atoms with Gasteiger partial charge < -0.3 is 10.6 Å². The van der Waals surface area contributed by atoms with E-state index in [-0.39, 0.29) is 0 Å². The van der Waals surface area contributed by atoms with Crippen LogP contribution in [0, 0.1) is 0 Å². The summed E-state index contributed by atoms with van der Waals surface area (Å²) in [6.07, 6.45) is 6.14. The van der Waals surface area contributed by atoms with Crippen molar-refractivity contribution in [3.8, 4) is 0 Å². The molecule has 1 heterocycles. The Morgan fingerprint density at radius 3 is 2.79 bits per heavy atom. The molecule has 2 N–H and O–H groups in total. The van der Waals surface area contributed by atoms with E-state index in [1.807, 2.05) is 36.1 Å². The van der Waals surface area contributed by atoms with E-state index in [1.165, 1.54) is 11.3 Å². The number of nitrogen functional groups attached to an aromatic ring is 1. The first-order valence-corrected chi connectivity index (χ1v) is 6.77. The number of anilines is 2. The lowest BCUT2D eigenvalue weighted by molar-refractivity contribution is 0.752. The Balaban J connectivity index is 2.03. The molecule has 0 unspecified atom stereocenters. The van der Waals surface area contributed by atoms with Gasteiger partial charge in [-0.2, -0.15) is 5.10 Å². The molecule has 2 rings (SSSR count). The number of nitrogens with two attached hydrogens (primary N) is 1. The molecule has 0 atom stereocenters. The quantitative estimate of drug-likeness (QED) is 0.810. The van der Waals surface area contributed by atoms with Crippen LogP contribution in [-0.2, 0) is 13.5 Å². The van der Waals surface area contributed by atoms with Crippen LogP contribution in [0.1, 0.15) is 18.9 Å². The molecule has 1 aromatic carbocycles. The van der Waals surface area contributed by atoms with E-state index in [9.17, 15) is 0 Å². The maximum Gasteiger partial charge on any atom is 0.0522 e. The van der Waals surface area contributed by atoms with Crippen molar-refractivity contribution in [1.82, 2.24) is 9.78 Å². The third-order valence-corrected chi connectivity index (χ3v) is 3.16. The van der Waals surface area contributed by atoms with Crippen LogP contribution in [-0.4, -0.2) is 22.9 Å².